The van der Waals surface area contributed by atoms with E-state index < -0.39 is 30.7 Å². The van der Waals surface area contributed by atoms with E-state index in [9.17, 15) is 23.2 Å². The average Bonchev–Trinajstić information content (AvgIpc) is 3.63. The molecule has 0 unspecified atom stereocenters. The van der Waals surface area contributed by atoms with Gasteiger partial charge < -0.3 is 9.64 Å². The van der Waals surface area contributed by atoms with Gasteiger partial charge in [-0.25, -0.2) is 18.6 Å². The van der Waals surface area contributed by atoms with E-state index in [1.54, 1.807) is 26.9 Å². The number of thiazole rings is 1. The summed E-state index contributed by atoms with van der Waals surface area (Å²) >= 11 is 2.99. The van der Waals surface area contributed by atoms with Crippen LogP contribution in [0.15, 0.2) is 50.7 Å². The van der Waals surface area contributed by atoms with Crippen LogP contribution in [0.3, 0.4) is 0 Å². The number of hydrogen-bond acceptors (Lipinski definition) is 7. The number of carbonyl (C=O) groups excluding carboxylic acids is 1. The van der Waals surface area contributed by atoms with Crippen LogP contribution in [-0.4, -0.2) is 58.0 Å². The number of rotatable bonds is 9. The Morgan fingerprint density at radius 3 is 2.59 bits per heavy atom. The Balaban J connectivity index is 1.60. The number of aromatic nitrogens is 3. The highest BCUT2D eigenvalue weighted by Crippen LogP contribution is 2.29. The summed E-state index contributed by atoms with van der Waals surface area (Å²) < 4.78 is 34.2. The fraction of sp³-hybridized carbons (Fsp3) is 0.360. The number of hydrogen-bond donors (Lipinski definition) is 0. The van der Waals surface area contributed by atoms with Gasteiger partial charge in [0.05, 0.1) is 28.0 Å². The lowest BCUT2D eigenvalue weighted by atomic mass is 10.0. The van der Waals surface area contributed by atoms with Gasteiger partial charge >= 0.3 is 5.69 Å². The van der Waals surface area contributed by atoms with E-state index in [0.29, 0.717) is 37.1 Å². The van der Waals surface area contributed by atoms with Crippen molar-refractivity contribution in [1.82, 2.24) is 19.0 Å². The van der Waals surface area contributed by atoms with Gasteiger partial charge in [-0.2, -0.15) is 0 Å². The molecule has 0 bridgehead atoms. The molecule has 0 spiro atoms. The van der Waals surface area contributed by atoms with Gasteiger partial charge in [0, 0.05) is 24.5 Å². The van der Waals surface area contributed by atoms with Crippen molar-refractivity contribution >= 4 is 40.0 Å². The third-order valence-corrected chi connectivity index (χ3v) is 8.33. The standard InChI is InChI=1S/C25H24F2N4O4S2/c26-11-19(12-27)35-18-3-4-21-20(10-18)24(33)30(13-16-14-37-23(28-16)22-2-1-9-36-22)25(34)31(21)17-5-7-29(15-32)8-6-17/h1-4,9-10,14-15,17,19H,5-8,11-13H2. The lowest BCUT2D eigenvalue weighted by molar-refractivity contribution is -0.119. The Labute approximate surface area is 218 Å². The van der Waals surface area contributed by atoms with E-state index in [-0.39, 0.29) is 23.7 Å². The van der Waals surface area contributed by atoms with Crippen LogP contribution in [0.1, 0.15) is 24.6 Å². The van der Waals surface area contributed by atoms with Gasteiger partial charge in [-0.1, -0.05) is 6.07 Å². The third kappa shape index (κ3) is 5.08. The Morgan fingerprint density at radius 1 is 1.14 bits per heavy atom. The van der Waals surface area contributed by atoms with Crippen LogP contribution in [0.2, 0.25) is 0 Å². The van der Waals surface area contributed by atoms with Gasteiger partial charge in [0.2, 0.25) is 6.41 Å². The minimum absolute atomic E-state index is 0.0225. The highest BCUT2D eigenvalue weighted by atomic mass is 32.1. The second-order valence-corrected chi connectivity index (χ2v) is 10.6. The van der Waals surface area contributed by atoms with E-state index in [4.69, 9.17) is 4.74 Å². The molecule has 1 saturated heterocycles. The molecule has 4 heterocycles. The van der Waals surface area contributed by atoms with Crippen LogP contribution in [0, 0.1) is 0 Å². The molecule has 194 valence electrons. The minimum atomic E-state index is -1.27. The molecule has 5 rings (SSSR count). The summed E-state index contributed by atoms with van der Waals surface area (Å²) in [5.41, 5.74) is -0.00381. The maximum Gasteiger partial charge on any atom is 0.332 e. The number of nitrogens with zero attached hydrogens (tertiary/aromatic N) is 4. The number of halogens is 2. The molecule has 1 aliphatic rings. The summed E-state index contributed by atoms with van der Waals surface area (Å²) in [6.07, 6.45) is 0.620. The molecule has 1 fully saturated rings. The van der Waals surface area contributed by atoms with Crippen molar-refractivity contribution in [1.29, 1.82) is 0 Å². The summed E-state index contributed by atoms with van der Waals surface area (Å²) in [6.45, 7) is -1.06. The van der Waals surface area contributed by atoms with Crippen molar-refractivity contribution in [2.24, 2.45) is 0 Å². The van der Waals surface area contributed by atoms with E-state index >= 15 is 0 Å². The van der Waals surface area contributed by atoms with Gasteiger partial charge in [0.25, 0.3) is 5.56 Å². The Hall–Kier alpha value is -3.38. The molecule has 0 saturated carbocycles. The summed E-state index contributed by atoms with van der Waals surface area (Å²) in [5.74, 6) is 0.145. The quantitative estimate of drug-likeness (QED) is 0.298. The maximum absolute atomic E-state index is 13.7. The van der Waals surface area contributed by atoms with Crippen molar-refractivity contribution in [3.05, 3.63) is 67.6 Å². The Kier molecular flexibility index (Phi) is 7.47. The van der Waals surface area contributed by atoms with Gasteiger partial charge in [-0.3, -0.25) is 18.7 Å². The van der Waals surface area contributed by atoms with Gasteiger partial charge in [-0.15, -0.1) is 22.7 Å². The van der Waals surface area contributed by atoms with Crippen molar-refractivity contribution in [2.45, 2.75) is 31.5 Å². The highest BCUT2D eigenvalue weighted by Gasteiger charge is 2.25. The van der Waals surface area contributed by atoms with Crippen LogP contribution in [0.5, 0.6) is 5.75 Å². The molecule has 1 aromatic carbocycles. The molecule has 1 amide bonds. The smallest absolute Gasteiger partial charge is 0.332 e. The van der Waals surface area contributed by atoms with E-state index in [2.05, 4.69) is 4.98 Å². The maximum atomic E-state index is 13.7. The van der Waals surface area contributed by atoms with Crippen LogP contribution in [0.25, 0.3) is 20.8 Å². The predicted molar refractivity (Wildman–Crippen MR) is 139 cm³/mol. The van der Waals surface area contributed by atoms with Crippen molar-refractivity contribution < 1.29 is 18.3 Å². The summed E-state index contributed by atoms with van der Waals surface area (Å²) in [5, 5.41) is 4.79. The van der Waals surface area contributed by atoms with Crippen molar-refractivity contribution in [2.75, 3.05) is 26.4 Å². The van der Waals surface area contributed by atoms with Crippen LogP contribution in [0.4, 0.5) is 8.78 Å². The Bertz CT molecular complexity index is 1500. The number of amides is 1. The Morgan fingerprint density at radius 2 is 1.92 bits per heavy atom. The fourth-order valence-corrected chi connectivity index (χ4v) is 6.15. The monoisotopic (exact) mass is 546 g/mol. The SMILES string of the molecule is O=CN1CCC(n2c(=O)n(Cc3csc(-c4cccs4)n3)c(=O)c3cc(OC(CF)CF)ccc32)CC1. The minimum Gasteiger partial charge on any atom is -0.485 e. The molecule has 3 aromatic heterocycles. The normalized spacial score (nSPS) is 14.5. The van der Waals surface area contributed by atoms with Gasteiger partial charge in [-0.05, 0) is 42.5 Å². The zero-order valence-electron chi connectivity index (χ0n) is 19.7. The van der Waals surface area contributed by atoms with Crippen LogP contribution < -0.4 is 16.0 Å². The summed E-state index contributed by atoms with van der Waals surface area (Å²) in [6, 6.07) is 8.17. The number of fused-ring (bicyclic) bond motifs is 1. The lowest BCUT2D eigenvalue weighted by Crippen LogP contribution is -2.44. The molecular weight excluding hydrogens is 522 g/mol. The van der Waals surface area contributed by atoms with Crippen LogP contribution in [-0.2, 0) is 11.3 Å². The summed E-state index contributed by atoms with van der Waals surface area (Å²) in [7, 11) is 0. The first-order valence-corrected chi connectivity index (χ1v) is 13.5. The second kappa shape index (κ2) is 10.9. The number of alkyl halides is 2. The molecule has 0 atom stereocenters. The van der Waals surface area contributed by atoms with Crippen LogP contribution >= 0.6 is 22.7 Å². The van der Waals surface area contributed by atoms with Crippen molar-refractivity contribution in [3.63, 3.8) is 0 Å². The number of benzene rings is 1. The third-order valence-electron chi connectivity index (χ3n) is 6.40. The zero-order chi connectivity index (χ0) is 25.9. The van der Waals surface area contributed by atoms with E-state index in [1.165, 1.54) is 23.5 Å². The van der Waals surface area contributed by atoms with Gasteiger partial charge in [0.1, 0.15) is 24.1 Å². The predicted octanol–water partition coefficient (Wildman–Crippen LogP) is 3.88. The second-order valence-electron chi connectivity index (χ2n) is 8.77. The molecule has 37 heavy (non-hydrogen) atoms. The molecule has 0 radical (unpaired) electrons. The molecule has 8 nitrogen and oxygen atoms in total. The number of piperidine rings is 1. The molecule has 0 aliphatic carbocycles. The topological polar surface area (TPSA) is 86.4 Å². The molecule has 1 aliphatic heterocycles. The zero-order valence-corrected chi connectivity index (χ0v) is 21.4. The first-order chi connectivity index (χ1) is 18.0. The van der Waals surface area contributed by atoms with Crippen molar-refractivity contribution in [3.8, 4) is 15.6 Å². The first kappa shape index (κ1) is 25.3. The van der Waals surface area contributed by atoms with E-state index in [0.717, 1.165) is 20.9 Å². The largest absolute Gasteiger partial charge is 0.485 e. The number of thiophene rings is 1. The lowest BCUT2D eigenvalue weighted by Gasteiger charge is -2.31. The number of carbonyl (C=O) groups is 1. The van der Waals surface area contributed by atoms with Gasteiger partial charge in [0.15, 0.2) is 6.10 Å². The molecule has 0 N–H and O–H groups in total. The van der Waals surface area contributed by atoms with E-state index in [1.807, 2.05) is 22.9 Å². The molecular formula is C25H24F2N4O4S2. The average molecular weight is 547 g/mol. The summed E-state index contributed by atoms with van der Waals surface area (Å²) in [4.78, 5) is 45.8. The number of ether oxygens (including phenoxy) is 1. The fourth-order valence-electron chi connectivity index (χ4n) is 4.53. The first-order valence-electron chi connectivity index (χ1n) is 11.8. The highest BCUT2D eigenvalue weighted by molar-refractivity contribution is 7.20. The molecule has 12 heteroatoms. The molecule has 4 aromatic rings. The number of likely N-dealkylation sites (tertiary alicyclic amines) is 1.